The van der Waals surface area contributed by atoms with Gasteiger partial charge in [0.15, 0.2) is 23.0 Å². The molecule has 6 nitrogen and oxygen atoms in total. The third-order valence-corrected chi connectivity index (χ3v) is 5.64. The molecule has 0 saturated carbocycles. The summed E-state index contributed by atoms with van der Waals surface area (Å²) in [5, 5.41) is 45.4. The van der Waals surface area contributed by atoms with Gasteiger partial charge < -0.3 is 31.1 Å². The largest absolute Gasteiger partial charge is 0.504 e. The summed E-state index contributed by atoms with van der Waals surface area (Å²) in [6.07, 6.45) is 6.35. The van der Waals surface area contributed by atoms with Gasteiger partial charge >= 0.3 is 0 Å². The fourth-order valence-corrected chi connectivity index (χ4v) is 3.55. The van der Waals surface area contributed by atoms with E-state index in [0.717, 1.165) is 74.1 Å². The second kappa shape index (κ2) is 16.2. The standard InChI is InChI=1S/C24H36N2O4.2BrH/c1-17-19(7-9-21(27)23(17)29)11-15-25-13-5-3-4-6-14-26-16-12-20-8-10-22(28)24(30)18(20)2;;/h7-10,25-30H,3-6,11-16H2,1-2H3;2*1H. The average Bonchev–Trinajstić information content (AvgIpc) is 2.74. The van der Waals surface area contributed by atoms with Gasteiger partial charge in [0.05, 0.1) is 0 Å². The van der Waals surface area contributed by atoms with Gasteiger partial charge in [-0.3, -0.25) is 0 Å². The van der Waals surface area contributed by atoms with E-state index >= 15 is 0 Å². The van der Waals surface area contributed by atoms with E-state index in [9.17, 15) is 20.4 Å². The Morgan fingerprint density at radius 1 is 0.562 bits per heavy atom. The number of nitrogens with one attached hydrogen (secondary N) is 2. The minimum Gasteiger partial charge on any atom is -0.504 e. The monoisotopic (exact) mass is 576 g/mol. The van der Waals surface area contributed by atoms with Crippen LogP contribution in [0.2, 0.25) is 0 Å². The highest BCUT2D eigenvalue weighted by atomic mass is 79.9. The first-order valence-electron chi connectivity index (χ1n) is 10.8. The molecule has 0 aliphatic carbocycles. The van der Waals surface area contributed by atoms with E-state index in [1.165, 1.54) is 12.8 Å². The molecule has 0 aromatic heterocycles. The van der Waals surface area contributed by atoms with E-state index in [1.54, 1.807) is 12.1 Å². The number of benzene rings is 2. The van der Waals surface area contributed by atoms with Gasteiger partial charge in [-0.2, -0.15) is 0 Å². The molecule has 0 fully saturated rings. The van der Waals surface area contributed by atoms with Crippen LogP contribution in [0.15, 0.2) is 24.3 Å². The predicted molar refractivity (Wildman–Crippen MR) is 141 cm³/mol. The molecule has 0 aliphatic rings. The lowest BCUT2D eigenvalue weighted by Crippen LogP contribution is -2.20. The van der Waals surface area contributed by atoms with E-state index < -0.39 is 0 Å². The maximum absolute atomic E-state index is 9.76. The topological polar surface area (TPSA) is 105 Å². The zero-order valence-electron chi connectivity index (χ0n) is 19.0. The van der Waals surface area contributed by atoms with Crippen LogP contribution < -0.4 is 10.6 Å². The van der Waals surface area contributed by atoms with Gasteiger partial charge in [-0.15, -0.1) is 34.0 Å². The summed E-state index contributed by atoms with van der Waals surface area (Å²) in [6, 6.07) is 6.82. The molecule has 8 heteroatoms. The molecule has 32 heavy (non-hydrogen) atoms. The Kier molecular flexibility index (Phi) is 15.4. The van der Waals surface area contributed by atoms with Crippen molar-refractivity contribution in [1.82, 2.24) is 10.6 Å². The number of aromatic hydroxyl groups is 4. The van der Waals surface area contributed by atoms with E-state index in [0.29, 0.717) is 0 Å². The fourth-order valence-electron chi connectivity index (χ4n) is 3.55. The van der Waals surface area contributed by atoms with Crippen LogP contribution in [0, 0.1) is 13.8 Å². The quantitative estimate of drug-likeness (QED) is 0.151. The van der Waals surface area contributed by atoms with Crippen LogP contribution in [0.1, 0.15) is 47.9 Å². The molecular weight excluding hydrogens is 540 g/mol. The van der Waals surface area contributed by atoms with Crippen molar-refractivity contribution >= 4 is 34.0 Å². The molecule has 2 aromatic rings. The summed E-state index contributed by atoms with van der Waals surface area (Å²) >= 11 is 0. The zero-order valence-corrected chi connectivity index (χ0v) is 22.4. The predicted octanol–water partition coefficient (Wildman–Crippen LogP) is 4.81. The molecule has 2 aromatic carbocycles. The molecule has 0 atom stereocenters. The minimum atomic E-state index is -0.0616. The molecule has 0 aliphatic heterocycles. The summed E-state index contributed by atoms with van der Waals surface area (Å²) < 4.78 is 0. The summed E-state index contributed by atoms with van der Waals surface area (Å²) in [4.78, 5) is 0. The highest BCUT2D eigenvalue weighted by Gasteiger charge is 2.08. The van der Waals surface area contributed by atoms with Crippen molar-refractivity contribution in [2.45, 2.75) is 52.4 Å². The molecule has 0 heterocycles. The number of rotatable bonds is 13. The number of phenols is 4. The van der Waals surface area contributed by atoms with Crippen LogP contribution in [0.3, 0.4) is 0 Å². The lowest BCUT2D eigenvalue weighted by Gasteiger charge is -2.10. The van der Waals surface area contributed by atoms with E-state index in [-0.39, 0.29) is 57.0 Å². The van der Waals surface area contributed by atoms with Gasteiger partial charge in [-0.1, -0.05) is 25.0 Å². The molecule has 0 saturated heterocycles. The Bertz CT molecular complexity index is 752. The molecule has 0 amide bonds. The average molecular weight is 578 g/mol. The lowest BCUT2D eigenvalue weighted by molar-refractivity contribution is 0.400. The minimum absolute atomic E-state index is 0. The Morgan fingerprint density at radius 2 is 0.938 bits per heavy atom. The van der Waals surface area contributed by atoms with E-state index in [2.05, 4.69) is 10.6 Å². The van der Waals surface area contributed by atoms with E-state index in [1.807, 2.05) is 26.0 Å². The first kappa shape index (κ1) is 30.5. The number of hydrogen-bond acceptors (Lipinski definition) is 6. The molecule has 0 radical (unpaired) electrons. The molecule has 6 N–H and O–H groups in total. The van der Waals surface area contributed by atoms with Crippen molar-refractivity contribution in [2.75, 3.05) is 26.2 Å². The fraction of sp³-hybridized carbons (Fsp3) is 0.500. The molecule has 0 spiro atoms. The number of hydrogen-bond donors (Lipinski definition) is 6. The Labute approximate surface area is 212 Å². The van der Waals surface area contributed by atoms with Gasteiger partial charge in [0.1, 0.15) is 0 Å². The first-order valence-corrected chi connectivity index (χ1v) is 10.8. The number of unbranched alkanes of at least 4 members (excludes halogenated alkanes) is 3. The Hall–Kier alpha value is -1.48. The van der Waals surface area contributed by atoms with E-state index in [4.69, 9.17) is 0 Å². The maximum Gasteiger partial charge on any atom is 0.160 e. The highest BCUT2D eigenvalue weighted by Crippen LogP contribution is 2.31. The van der Waals surface area contributed by atoms with Crippen molar-refractivity contribution in [1.29, 1.82) is 0 Å². The van der Waals surface area contributed by atoms with Crippen LogP contribution in [-0.4, -0.2) is 46.6 Å². The third kappa shape index (κ3) is 9.57. The molecule has 0 unspecified atom stereocenters. The van der Waals surface area contributed by atoms with Crippen LogP contribution in [-0.2, 0) is 12.8 Å². The van der Waals surface area contributed by atoms with Gasteiger partial charge in [-0.05, 0) is 100 Å². The SMILES string of the molecule is Br.Br.Cc1c(CCNCCCCCCNCCc2ccc(O)c(O)c2C)ccc(O)c1O. The van der Waals surface area contributed by atoms with Gasteiger partial charge in [0.2, 0.25) is 0 Å². The summed E-state index contributed by atoms with van der Waals surface area (Å²) in [6.45, 7) is 7.35. The van der Waals surface area contributed by atoms with Crippen molar-refractivity contribution < 1.29 is 20.4 Å². The number of phenolic OH excluding ortho intramolecular Hbond substituents is 4. The second-order valence-corrected chi connectivity index (χ2v) is 7.85. The molecule has 0 bridgehead atoms. The van der Waals surface area contributed by atoms with Crippen molar-refractivity contribution in [2.24, 2.45) is 0 Å². The van der Waals surface area contributed by atoms with Crippen LogP contribution in [0.25, 0.3) is 0 Å². The molecular formula is C24H38Br2N2O4. The summed E-state index contributed by atoms with van der Waals surface area (Å²) in [5.41, 5.74) is 3.62. The number of halogens is 2. The van der Waals surface area contributed by atoms with Crippen molar-refractivity contribution in [3.05, 3.63) is 46.5 Å². The Morgan fingerprint density at radius 3 is 1.31 bits per heavy atom. The molecule has 2 rings (SSSR count). The van der Waals surface area contributed by atoms with Crippen LogP contribution in [0.4, 0.5) is 0 Å². The van der Waals surface area contributed by atoms with Gasteiger partial charge in [0, 0.05) is 0 Å². The Balaban J connectivity index is 0.00000480. The summed E-state index contributed by atoms with van der Waals surface area (Å²) in [5.74, 6) is -0.156. The smallest absolute Gasteiger partial charge is 0.160 e. The van der Waals surface area contributed by atoms with Crippen LogP contribution in [0.5, 0.6) is 23.0 Å². The highest BCUT2D eigenvalue weighted by molar-refractivity contribution is 8.93. The van der Waals surface area contributed by atoms with Gasteiger partial charge in [-0.25, -0.2) is 0 Å². The first-order chi connectivity index (χ1) is 14.4. The lowest BCUT2D eigenvalue weighted by atomic mass is 10.0. The maximum atomic E-state index is 9.76. The molecule has 182 valence electrons. The second-order valence-electron chi connectivity index (χ2n) is 7.85. The van der Waals surface area contributed by atoms with Gasteiger partial charge in [0.25, 0.3) is 0 Å². The van der Waals surface area contributed by atoms with Crippen molar-refractivity contribution in [3.8, 4) is 23.0 Å². The van der Waals surface area contributed by atoms with Crippen molar-refractivity contribution in [3.63, 3.8) is 0 Å². The zero-order chi connectivity index (χ0) is 21.9. The summed E-state index contributed by atoms with van der Waals surface area (Å²) in [7, 11) is 0. The van der Waals surface area contributed by atoms with Crippen LogP contribution >= 0.6 is 34.0 Å². The third-order valence-electron chi connectivity index (χ3n) is 5.64. The normalized spacial score (nSPS) is 10.4.